The lowest BCUT2D eigenvalue weighted by Gasteiger charge is -2.11. The first-order valence-electron chi connectivity index (χ1n) is 8.75. The number of nitrogens with zero attached hydrogens (tertiary/aromatic N) is 1. The lowest BCUT2D eigenvalue weighted by Crippen LogP contribution is -2.14. The average Bonchev–Trinajstić information content (AvgIpc) is 2.63. The molecular weight excluding hydrogens is 360 g/mol. The molecule has 1 N–H and O–H groups in total. The minimum atomic E-state index is -0.195. The number of aromatic nitrogens is 1. The molecule has 3 aromatic rings. The van der Waals surface area contributed by atoms with Gasteiger partial charge in [0.1, 0.15) is 11.5 Å². The third kappa shape index (κ3) is 4.86. The summed E-state index contributed by atoms with van der Waals surface area (Å²) < 4.78 is 5.80. The van der Waals surface area contributed by atoms with Gasteiger partial charge in [-0.05, 0) is 61.4 Å². The van der Waals surface area contributed by atoms with E-state index in [0.717, 1.165) is 5.69 Å². The van der Waals surface area contributed by atoms with Crippen LogP contribution in [0.5, 0.6) is 11.5 Å². The first-order valence-corrected chi connectivity index (χ1v) is 9.12. The fraction of sp³-hybridized carbons (Fsp3) is 0.182. The molecule has 4 nitrogen and oxygen atoms in total. The summed E-state index contributed by atoms with van der Waals surface area (Å²) in [6.07, 6.45) is 0. The monoisotopic (exact) mass is 380 g/mol. The SMILES string of the molecule is Cc1nc(C(C)C)ccc1C(=O)Nc1cccc(Oc2ccc(Cl)cc2)c1. The van der Waals surface area contributed by atoms with Crippen LogP contribution in [0, 0.1) is 6.92 Å². The molecule has 2 aromatic carbocycles. The summed E-state index contributed by atoms with van der Waals surface area (Å²) in [5, 5.41) is 3.55. The molecule has 0 saturated heterocycles. The first-order chi connectivity index (χ1) is 12.9. The van der Waals surface area contributed by atoms with Crippen molar-refractivity contribution in [1.29, 1.82) is 0 Å². The maximum absolute atomic E-state index is 12.6. The summed E-state index contributed by atoms with van der Waals surface area (Å²) in [5.74, 6) is 1.42. The second-order valence-electron chi connectivity index (χ2n) is 6.56. The number of nitrogens with one attached hydrogen (secondary N) is 1. The Labute approximate surface area is 164 Å². The number of hydrogen-bond donors (Lipinski definition) is 1. The number of ether oxygens (including phenoxy) is 1. The second kappa shape index (κ2) is 8.23. The van der Waals surface area contributed by atoms with Gasteiger partial charge >= 0.3 is 0 Å². The molecule has 0 unspecified atom stereocenters. The number of anilines is 1. The van der Waals surface area contributed by atoms with Crippen molar-refractivity contribution in [2.75, 3.05) is 5.32 Å². The Kier molecular flexibility index (Phi) is 5.77. The number of hydrogen-bond acceptors (Lipinski definition) is 3. The van der Waals surface area contributed by atoms with Crippen LogP contribution in [0.15, 0.2) is 60.7 Å². The molecule has 0 radical (unpaired) electrons. The van der Waals surface area contributed by atoms with Crippen molar-refractivity contribution < 1.29 is 9.53 Å². The molecule has 5 heteroatoms. The van der Waals surface area contributed by atoms with Crippen molar-refractivity contribution in [2.45, 2.75) is 26.7 Å². The summed E-state index contributed by atoms with van der Waals surface area (Å²) in [6.45, 7) is 6.00. The van der Waals surface area contributed by atoms with Crippen molar-refractivity contribution >= 4 is 23.2 Å². The van der Waals surface area contributed by atoms with Crippen molar-refractivity contribution in [2.24, 2.45) is 0 Å². The number of carbonyl (C=O) groups is 1. The topological polar surface area (TPSA) is 51.2 Å². The van der Waals surface area contributed by atoms with Gasteiger partial charge in [-0.15, -0.1) is 0 Å². The number of carbonyl (C=O) groups excluding carboxylic acids is 1. The van der Waals surface area contributed by atoms with E-state index in [1.54, 1.807) is 30.3 Å². The number of aryl methyl sites for hydroxylation is 1. The summed E-state index contributed by atoms with van der Waals surface area (Å²) in [4.78, 5) is 17.1. The summed E-state index contributed by atoms with van der Waals surface area (Å²) in [7, 11) is 0. The molecule has 0 saturated carbocycles. The van der Waals surface area contributed by atoms with E-state index in [4.69, 9.17) is 16.3 Å². The van der Waals surface area contributed by atoms with Gasteiger partial charge in [-0.1, -0.05) is 31.5 Å². The number of rotatable bonds is 5. The molecule has 1 heterocycles. The smallest absolute Gasteiger partial charge is 0.257 e. The molecule has 1 aromatic heterocycles. The Morgan fingerprint density at radius 3 is 2.44 bits per heavy atom. The van der Waals surface area contributed by atoms with Gasteiger partial charge < -0.3 is 10.1 Å². The average molecular weight is 381 g/mol. The highest BCUT2D eigenvalue weighted by atomic mass is 35.5. The molecule has 3 rings (SSSR count). The Balaban J connectivity index is 1.74. The molecule has 27 heavy (non-hydrogen) atoms. The molecule has 138 valence electrons. The van der Waals surface area contributed by atoms with E-state index in [2.05, 4.69) is 24.1 Å². The first kappa shape index (κ1) is 18.9. The van der Waals surface area contributed by atoms with Crippen LogP contribution >= 0.6 is 11.6 Å². The molecule has 0 bridgehead atoms. The number of pyridine rings is 1. The van der Waals surface area contributed by atoms with Gasteiger partial charge in [0.25, 0.3) is 5.91 Å². The second-order valence-corrected chi connectivity index (χ2v) is 7.00. The molecule has 0 aliphatic heterocycles. The number of benzene rings is 2. The Bertz CT molecular complexity index is 953. The molecule has 0 spiro atoms. The highest BCUT2D eigenvalue weighted by Gasteiger charge is 2.12. The van der Waals surface area contributed by atoms with E-state index in [1.165, 1.54) is 0 Å². The van der Waals surface area contributed by atoms with E-state index in [1.807, 2.05) is 37.3 Å². The third-order valence-electron chi connectivity index (χ3n) is 4.08. The van der Waals surface area contributed by atoms with Gasteiger partial charge in [-0.25, -0.2) is 0 Å². The normalized spacial score (nSPS) is 10.7. The van der Waals surface area contributed by atoms with Crippen LogP contribution in [-0.4, -0.2) is 10.9 Å². The highest BCUT2D eigenvalue weighted by Crippen LogP contribution is 2.26. The number of halogens is 1. The van der Waals surface area contributed by atoms with Crippen LogP contribution < -0.4 is 10.1 Å². The van der Waals surface area contributed by atoms with Gasteiger partial charge in [0.2, 0.25) is 0 Å². The zero-order valence-corrected chi connectivity index (χ0v) is 16.2. The lowest BCUT2D eigenvalue weighted by atomic mass is 10.1. The quantitative estimate of drug-likeness (QED) is 0.572. The van der Waals surface area contributed by atoms with E-state index < -0.39 is 0 Å². The van der Waals surface area contributed by atoms with Gasteiger partial charge in [0.05, 0.1) is 11.3 Å². The van der Waals surface area contributed by atoms with E-state index in [0.29, 0.717) is 39.4 Å². The van der Waals surface area contributed by atoms with Crippen LogP contribution in [0.2, 0.25) is 5.02 Å². The predicted molar refractivity (Wildman–Crippen MR) is 109 cm³/mol. The minimum absolute atomic E-state index is 0.195. The predicted octanol–water partition coefficient (Wildman–Crippen LogP) is 6.21. The zero-order chi connectivity index (χ0) is 19.4. The van der Waals surface area contributed by atoms with Crippen molar-refractivity contribution in [3.05, 3.63) is 82.6 Å². The minimum Gasteiger partial charge on any atom is -0.457 e. The fourth-order valence-corrected chi connectivity index (χ4v) is 2.74. The summed E-state index contributed by atoms with van der Waals surface area (Å²) in [6, 6.07) is 18.1. The van der Waals surface area contributed by atoms with Crippen molar-refractivity contribution in [1.82, 2.24) is 4.98 Å². The summed E-state index contributed by atoms with van der Waals surface area (Å²) >= 11 is 5.89. The molecule has 0 fully saturated rings. The highest BCUT2D eigenvalue weighted by molar-refractivity contribution is 6.30. The van der Waals surface area contributed by atoms with E-state index in [-0.39, 0.29) is 5.91 Å². The van der Waals surface area contributed by atoms with Gasteiger partial charge in [0, 0.05) is 22.5 Å². The Morgan fingerprint density at radius 2 is 1.78 bits per heavy atom. The van der Waals surface area contributed by atoms with Crippen LogP contribution in [-0.2, 0) is 0 Å². The van der Waals surface area contributed by atoms with E-state index >= 15 is 0 Å². The van der Waals surface area contributed by atoms with Crippen LogP contribution in [0.4, 0.5) is 5.69 Å². The Morgan fingerprint density at radius 1 is 1.04 bits per heavy atom. The van der Waals surface area contributed by atoms with Crippen LogP contribution in [0.1, 0.15) is 41.5 Å². The van der Waals surface area contributed by atoms with E-state index in [9.17, 15) is 4.79 Å². The molecular formula is C22H21ClN2O2. The lowest BCUT2D eigenvalue weighted by molar-refractivity contribution is 0.102. The Hall–Kier alpha value is -2.85. The number of amides is 1. The summed E-state index contributed by atoms with van der Waals surface area (Å²) in [5.41, 5.74) is 2.90. The van der Waals surface area contributed by atoms with Gasteiger partial charge in [-0.2, -0.15) is 0 Å². The zero-order valence-electron chi connectivity index (χ0n) is 15.5. The molecule has 0 aliphatic rings. The van der Waals surface area contributed by atoms with Crippen molar-refractivity contribution in [3.8, 4) is 11.5 Å². The van der Waals surface area contributed by atoms with Gasteiger partial charge in [-0.3, -0.25) is 9.78 Å². The van der Waals surface area contributed by atoms with Crippen molar-refractivity contribution in [3.63, 3.8) is 0 Å². The van der Waals surface area contributed by atoms with Crippen LogP contribution in [0.3, 0.4) is 0 Å². The van der Waals surface area contributed by atoms with Gasteiger partial charge in [0.15, 0.2) is 0 Å². The maximum atomic E-state index is 12.6. The van der Waals surface area contributed by atoms with Crippen LogP contribution in [0.25, 0.3) is 0 Å². The molecule has 1 amide bonds. The third-order valence-corrected chi connectivity index (χ3v) is 4.34. The largest absolute Gasteiger partial charge is 0.457 e. The standard InChI is InChI=1S/C22H21ClN2O2/c1-14(2)21-12-11-20(15(3)24-21)22(26)25-17-5-4-6-19(13-17)27-18-9-7-16(23)8-10-18/h4-14H,1-3H3,(H,25,26). The fourth-order valence-electron chi connectivity index (χ4n) is 2.62. The molecule has 0 atom stereocenters. The maximum Gasteiger partial charge on any atom is 0.257 e. The molecule has 0 aliphatic carbocycles.